The second-order valence-corrected chi connectivity index (χ2v) is 4.42. The van der Waals surface area contributed by atoms with Gasteiger partial charge in [-0.2, -0.15) is 18.3 Å². The lowest BCUT2D eigenvalue weighted by Gasteiger charge is -2.10. The molecule has 2 amide bonds. The van der Waals surface area contributed by atoms with Crippen molar-refractivity contribution >= 4 is 17.4 Å². The van der Waals surface area contributed by atoms with Crippen molar-refractivity contribution in [2.75, 3.05) is 10.6 Å². The Morgan fingerprint density at radius 3 is 2.57 bits per heavy atom. The first kappa shape index (κ1) is 14.9. The number of rotatable bonds is 2. The van der Waals surface area contributed by atoms with Crippen LogP contribution < -0.4 is 10.6 Å². The lowest BCUT2D eigenvalue weighted by atomic mass is 10.2. The van der Waals surface area contributed by atoms with Crippen LogP contribution in [0.15, 0.2) is 30.5 Å². The van der Waals surface area contributed by atoms with Crippen LogP contribution in [0.5, 0.6) is 0 Å². The van der Waals surface area contributed by atoms with E-state index in [9.17, 15) is 18.0 Å². The van der Waals surface area contributed by atoms with Crippen LogP contribution in [0.1, 0.15) is 11.3 Å². The highest BCUT2D eigenvalue weighted by Gasteiger charge is 2.30. The number of aromatic nitrogens is 2. The van der Waals surface area contributed by atoms with Crippen LogP contribution in [0.4, 0.5) is 29.3 Å². The van der Waals surface area contributed by atoms with E-state index < -0.39 is 17.8 Å². The summed E-state index contributed by atoms with van der Waals surface area (Å²) in [5, 5.41) is 8.82. The Balaban J connectivity index is 2.08. The molecule has 21 heavy (non-hydrogen) atoms. The molecule has 112 valence electrons. The Bertz CT molecular complexity index is 664. The molecule has 5 nitrogen and oxygen atoms in total. The smallest absolute Gasteiger partial charge is 0.308 e. The topological polar surface area (TPSA) is 59.0 Å². The normalized spacial score (nSPS) is 11.3. The summed E-state index contributed by atoms with van der Waals surface area (Å²) in [6.07, 6.45) is -2.99. The van der Waals surface area contributed by atoms with Crippen LogP contribution in [0, 0.1) is 6.92 Å². The number of carbonyl (C=O) groups is 1. The van der Waals surface area contributed by atoms with Gasteiger partial charge in [0.1, 0.15) is 0 Å². The van der Waals surface area contributed by atoms with Gasteiger partial charge >= 0.3 is 12.2 Å². The number of carbonyl (C=O) groups excluding carboxylic acids is 1. The second kappa shape index (κ2) is 5.47. The van der Waals surface area contributed by atoms with Crippen molar-refractivity contribution < 1.29 is 18.0 Å². The van der Waals surface area contributed by atoms with Gasteiger partial charge in [0, 0.05) is 12.7 Å². The summed E-state index contributed by atoms with van der Waals surface area (Å²) in [6, 6.07) is 3.79. The number of nitrogens with zero attached hydrogens (tertiary/aromatic N) is 2. The predicted molar refractivity (Wildman–Crippen MR) is 72.0 cm³/mol. The number of hydrogen-bond donors (Lipinski definition) is 2. The minimum absolute atomic E-state index is 0.0591. The third-order valence-corrected chi connectivity index (χ3v) is 2.93. The van der Waals surface area contributed by atoms with Gasteiger partial charge in [0.2, 0.25) is 0 Å². The van der Waals surface area contributed by atoms with Crippen molar-refractivity contribution in [2.24, 2.45) is 7.05 Å². The van der Waals surface area contributed by atoms with Crippen molar-refractivity contribution in [3.05, 3.63) is 41.7 Å². The van der Waals surface area contributed by atoms with Crippen LogP contribution in [0.3, 0.4) is 0 Å². The zero-order valence-electron chi connectivity index (χ0n) is 11.3. The van der Waals surface area contributed by atoms with Gasteiger partial charge in [-0.3, -0.25) is 4.68 Å². The molecule has 0 spiro atoms. The number of nitrogens with one attached hydrogen (secondary N) is 2. The zero-order chi connectivity index (χ0) is 15.6. The molecule has 2 N–H and O–H groups in total. The van der Waals surface area contributed by atoms with Crippen LogP contribution >= 0.6 is 0 Å². The molecule has 1 aromatic carbocycles. The molecule has 2 aromatic rings. The van der Waals surface area contributed by atoms with E-state index in [1.54, 1.807) is 18.7 Å². The van der Waals surface area contributed by atoms with Gasteiger partial charge in [0.15, 0.2) is 0 Å². The van der Waals surface area contributed by atoms with Gasteiger partial charge in [-0.15, -0.1) is 0 Å². The summed E-state index contributed by atoms with van der Waals surface area (Å²) in [5.74, 6) is 0. The maximum atomic E-state index is 12.6. The van der Waals surface area contributed by atoms with E-state index in [2.05, 4.69) is 15.7 Å². The van der Waals surface area contributed by atoms with Gasteiger partial charge in [0.25, 0.3) is 0 Å². The van der Waals surface area contributed by atoms with E-state index in [0.717, 1.165) is 17.8 Å². The van der Waals surface area contributed by atoms with E-state index >= 15 is 0 Å². The first-order valence-corrected chi connectivity index (χ1v) is 6.01. The summed E-state index contributed by atoms with van der Waals surface area (Å²) in [6.45, 7) is 1.76. The molecule has 0 fully saturated rings. The molecule has 0 bridgehead atoms. The Hall–Kier alpha value is -2.51. The quantitative estimate of drug-likeness (QED) is 0.892. The third-order valence-electron chi connectivity index (χ3n) is 2.93. The fraction of sp³-hybridized carbons (Fsp3) is 0.231. The number of halogens is 3. The third kappa shape index (κ3) is 3.53. The monoisotopic (exact) mass is 298 g/mol. The zero-order valence-corrected chi connectivity index (χ0v) is 11.3. The van der Waals surface area contributed by atoms with Crippen LogP contribution in [0.2, 0.25) is 0 Å². The largest absolute Gasteiger partial charge is 0.416 e. The number of urea groups is 1. The Morgan fingerprint density at radius 2 is 2.00 bits per heavy atom. The molecule has 0 saturated heterocycles. The Morgan fingerprint density at radius 1 is 1.29 bits per heavy atom. The van der Waals surface area contributed by atoms with E-state index in [1.165, 1.54) is 18.3 Å². The van der Waals surface area contributed by atoms with Crippen LogP contribution in [0.25, 0.3) is 0 Å². The number of hydrogen-bond acceptors (Lipinski definition) is 2. The lowest BCUT2D eigenvalue weighted by molar-refractivity contribution is -0.137. The van der Waals surface area contributed by atoms with E-state index in [4.69, 9.17) is 0 Å². The highest BCUT2D eigenvalue weighted by molar-refractivity contribution is 6.00. The molecule has 0 unspecified atom stereocenters. The van der Waals surface area contributed by atoms with E-state index in [0.29, 0.717) is 5.69 Å². The minimum Gasteiger partial charge on any atom is -0.308 e. The average Bonchev–Trinajstić information content (AvgIpc) is 2.70. The fourth-order valence-electron chi connectivity index (χ4n) is 1.68. The number of benzene rings is 1. The Kier molecular flexibility index (Phi) is 3.88. The molecule has 0 aliphatic carbocycles. The highest BCUT2D eigenvalue weighted by Crippen LogP contribution is 2.30. The van der Waals surface area contributed by atoms with Gasteiger partial charge in [-0.1, -0.05) is 6.07 Å². The van der Waals surface area contributed by atoms with Crippen molar-refractivity contribution in [2.45, 2.75) is 13.1 Å². The molecule has 0 radical (unpaired) electrons. The van der Waals surface area contributed by atoms with Crippen LogP contribution in [-0.4, -0.2) is 15.8 Å². The SMILES string of the molecule is Cc1c(NC(=O)Nc2cccc(C(F)(F)F)c2)cnn1C. The van der Waals surface area contributed by atoms with Crippen molar-refractivity contribution in [1.82, 2.24) is 9.78 Å². The summed E-state index contributed by atoms with van der Waals surface area (Å²) in [4.78, 5) is 11.8. The molecular formula is C13H13F3N4O. The summed E-state index contributed by atoms with van der Waals surface area (Å²) in [7, 11) is 1.71. The first-order valence-electron chi connectivity index (χ1n) is 6.01. The predicted octanol–water partition coefficient (Wildman–Crippen LogP) is 3.39. The van der Waals surface area contributed by atoms with Crippen molar-refractivity contribution in [1.29, 1.82) is 0 Å². The molecule has 0 saturated carbocycles. The molecule has 1 heterocycles. The number of alkyl halides is 3. The minimum atomic E-state index is -4.45. The van der Waals surface area contributed by atoms with Crippen molar-refractivity contribution in [3.63, 3.8) is 0 Å². The molecule has 0 atom stereocenters. The lowest BCUT2D eigenvalue weighted by Crippen LogP contribution is -2.20. The van der Waals surface area contributed by atoms with Gasteiger partial charge < -0.3 is 10.6 Å². The summed E-state index contributed by atoms with van der Waals surface area (Å²) < 4.78 is 39.3. The molecule has 0 aliphatic rings. The first-order chi connectivity index (χ1) is 9.77. The maximum Gasteiger partial charge on any atom is 0.416 e. The molecule has 8 heteroatoms. The standard InChI is InChI=1S/C13H13F3N4O/c1-8-11(7-17-20(8)2)19-12(21)18-10-5-3-4-9(6-10)13(14,15)16/h3-7H,1-2H3,(H2,18,19,21). The number of anilines is 2. The molecule has 1 aromatic heterocycles. The number of aryl methyl sites for hydroxylation is 1. The highest BCUT2D eigenvalue weighted by atomic mass is 19.4. The average molecular weight is 298 g/mol. The van der Waals surface area contributed by atoms with Crippen molar-refractivity contribution in [3.8, 4) is 0 Å². The fourth-order valence-corrected chi connectivity index (χ4v) is 1.68. The molecule has 0 aliphatic heterocycles. The Labute approximate surface area is 118 Å². The molecule has 2 rings (SSSR count). The van der Waals surface area contributed by atoms with Gasteiger partial charge in [-0.25, -0.2) is 4.79 Å². The summed E-state index contributed by atoms with van der Waals surface area (Å²) >= 11 is 0. The number of amides is 2. The summed E-state index contributed by atoms with van der Waals surface area (Å²) in [5.41, 5.74) is 0.456. The van der Waals surface area contributed by atoms with E-state index in [-0.39, 0.29) is 5.69 Å². The van der Waals surface area contributed by atoms with Gasteiger partial charge in [0.05, 0.1) is 23.1 Å². The molecular weight excluding hydrogens is 285 g/mol. The van der Waals surface area contributed by atoms with Gasteiger partial charge in [-0.05, 0) is 25.1 Å². The van der Waals surface area contributed by atoms with Crippen LogP contribution in [-0.2, 0) is 13.2 Å². The van der Waals surface area contributed by atoms with E-state index in [1.807, 2.05) is 0 Å². The maximum absolute atomic E-state index is 12.6. The second-order valence-electron chi connectivity index (χ2n) is 4.42.